The molecule has 0 radical (unpaired) electrons. The molecule has 11 heavy (non-hydrogen) atoms. The van der Waals surface area contributed by atoms with E-state index in [0.717, 1.165) is 12.5 Å². The van der Waals surface area contributed by atoms with Crippen LogP contribution in [0.1, 0.15) is 39.5 Å². The third-order valence-corrected chi connectivity index (χ3v) is 3.15. The molecular weight excluding hydrogens is 136 g/mol. The summed E-state index contributed by atoms with van der Waals surface area (Å²) in [5.74, 6) is 0.884. The minimum absolute atomic E-state index is 0.505. The highest BCUT2D eigenvalue weighted by Gasteiger charge is 2.45. The van der Waals surface area contributed by atoms with E-state index in [1.165, 1.54) is 25.7 Å². The van der Waals surface area contributed by atoms with Crippen molar-refractivity contribution in [3.63, 3.8) is 0 Å². The second kappa shape index (κ2) is 2.48. The predicted octanol–water partition coefficient (Wildman–Crippen LogP) is 2.60. The van der Waals surface area contributed by atoms with Crippen LogP contribution in [0.3, 0.4) is 0 Å². The molecule has 1 nitrogen and oxygen atoms in total. The molecule has 2 fully saturated rings. The molecule has 64 valence electrons. The molecule has 0 amide bonds. The van der Waals surface area contributed by atoms with Crippen LogP contribution in [0.25, 0.3) is 0 Å². The first-order valence-electron chi connectivity index (χ1n) is 4.82. The van der Waals surface area contributed by atoms with Gasteiger partial charge in [-0.2, -0.15) is 0 Å². The number of rotatable bonds is 0. The van der Waals surface area contributed by atoms with E-state index in [9.17, 15) is 0 Å². The minimum Gasteiger partial charge on any atom is -0.378 e. The quantitative estimate of drug-likeness (QED) is 0.521. The summed E-state index contributed by atoms with van der Waals surface area (Å²) in [5, 5.41) is 0. The number of hydrogen-bond acceptors (Lipinski definition) is 1. The van der Waals surface area contributed by atoms with Gasteiger partial charge in [0, 0.05) is 0 Å². The van der Waals surface area contributed by atoms with E-state index in [2.05, 4.69) is 13.8 Å². The van der Waals surface area contributed by atoms with Crippen molar-refractivity contribution in [3.05, 3.63) is 0 Å². The van der Waals surface area contributed by atoms with Crippen LogP contribution in [-0.4, -0.2) is 12.7 Å². The maximum atomic E-state index is 5.75. The third-order valence-electron chi connectivity index (χ3n) is 3.15. The van der Waals surface area contributed by atoms with Crippen LogP contribution in [0.5, 0.6) is 0 Å². The van der Waals surface area contributed by atoms with Gasteiger partial charge in [0.15, 0.2) is 0 Å². The average molecular weight is 154 g/mol. The Morgan fingerprint density at radius 1 is 1.27 bits per heavy atom. The van der Waals surface area contributed by atoms with E-state index in [0.29, 0.717) is 11.5 Å². The second-order valence-electron chi connectivity index (χ2n) is 4.67. The summed E-state index contributed by atoms with van der Waals surface area (Å²) in [7, 11) is 0. The maximum Gasteiger partial charge on any atom is 0.0549 e. The zero-order chi connectivity index (χ0) is 7.90. The highest BCUT2D eigenvalue weighted by molar-refractivity contribution is 4.95. The molecule has 2 aliphatic rings. The van der Waals surface area contributed by atoms with E-state index >= 15 is 0 Å². The fraction of sp³-hybridized carbons (Fsp3) is 1.00. The molecule has 2 rings (SSSR count). The molecule has 2 atom stereocenters. The van der Waals surface area contributed by atoms with Crippen LogP contribution in [-0.2, 0) is 4.74 Å². The van der Waals surface area contributed by atoms with Gasteiger partial charge in [-0.1, -0.05) is 6.92 Å². The lowest BCUT2D eigenvalue weighted by Gasteiger charge is -2.12. The first-order chi connectivity index (χ1) is 5.20. The van der Waals surface area contributed by atoms with Crippen molar-refractivity contribution in [2.24, 2.45) is 11.3 Å². The summed E-state index contributed by atoms with van der Waals surface area (Å²) in [6.45, 7) is 5.61. The van der Waals surface area contributed by atoms with Gasteiger partial charge in [0.2, 0.25) is 0 Å². The summed E-state index contributed by atoms with van der Waals surface area (Å²) in [4.78, 5) is 0. The fourth-order valence-electron chi connectivity index (χ4n) is 2.36. The molecule has 1 saturated heterocycles. The monoisotopic (exact) mass is 154 g/mol. The maximum absolute atomic E-state index is 5.75. The van der Waals surface area contributed by atoms with Crippen molar-refractivity contribution >= 4 is 0 Å². The zero-order valence-electron chi connectivity index (χ0n) is 7.60. The molecule has 1 aliphatic heterocycles. The van der Waals surface area contributed by atoms with E-state index in [1.807, 2.05) is 0 Å². The van der Waals surface area contributed by atoms with Gasteiger partial charge in [-0.3, -0.25) is 0 Å². The van der Waals surface area contributed by atoms with Gasteiger partial charge >= 0.3 is 0 Å². The third kappa shape index (κ3) is 1.58. The van der Waals surface area contributed by atoms with Gasteiger partial charge in [0.05, 0.1) is 12.7 Å². The molecule has 0 N–H and O–H groups in total. The zero-order valence-corrected chi connectivity index (χ0v) is 7.60. The van der Waals surface area contributed by atoms with E-state index in [4.69, 9.17) is 4.74 Å². The van der Waals surface area contributed by atoms with Crippen molar-refractivity contribution in [1.29, 1.82) is 0 Å². The van der Waals surface area contributed by atoms with Crippen molar-refractivity contribution < 1.29 is 4.74 Å². The molecule has 0 aromatic carbocycles. The molecule has 0 aromatic rings. The summed E-state index contributed by atoms with van der Waals surface area (Å²) < 4.78 is 5.75. The first-order valence-corrected chi connectivity index (χ1v) is 4.82. The standard InChI is InChI=1S/C10H18O/c1-8-5-9(2)11-7-10(6-8)3-4-10/h8-9H,3-7H2,1-2H3. The lowest BCUT2D eigenvalue weighted by molar-refractivity contribution is 0.0453. The SMILES string of the molecule is CC1CC(C)OCC2(CC2)C1. The Morgan fingerprint density at radius 3 is 2.64 bits per heavy atom. The highest BCUT2D eigenvalue weighted by atomic mass is 16.5. The molecule has 1 saturated carbocycles. The molecule has 1 aliphatic carbocycles. The van der Waals surface area contributed by atoms with Crippen LogP contribution in [0.4, 0.5) is 0 Å². The van der Waals surface area contributed by atoms with E-state index in [-0.39, 0.29) is 0 Å². The van der Waals surface area contributed by atoms with Crippen LogP contribution >= 0.6 is 0 Å². The van der Waals surface area contributed by atoms with Crippen LogP contribution in [0.15, 0.2) is 0 Å². The lowest BCUT2D eigenvalue weighted by atomic mass is 9.92. The summed E-state index contributed by atoms with van der Waals surface area (Å²) in [6.07, 6.45) is 6.03. The van der Waals surface area contributed by atoms with E-state index in [1.54, 1.807) is 0 Å². The Hall–Kier alpha value is -0.0400. The first kappa shape index (κ1) is 7.60. The van der Waals surface area contributed by atoms with Gasteiger partial charge in [-0.15, -0.1) is 0 Å². The fourth-order valence-corrected chi connectivity index (χ4v) is 2.36. The van der Waals surface area contributed by atoms with Gasteiger partial charge < -0.3 is 4.74 Å². The summed E-state index contributed by atoms with van der Waals surface area (Å²) in [5.41, 5.74) is 0.643. The minimum atomic E-state index is 0.505. The van der Waals surface area contributed by atoms with Crippen LogP contribution in [0.2, 0.25) is 0 Å². The van der Waals surface area contributed by atoms with Crippen LogP contribution in [0, 0.1) is 11.3 Å². The Bertz CT molecular complexity index is 149. The van der Waals surface area contributed by atoms with Crippen molar-refractivity contribution in [3.8, 4) is 0 Å². The van der Waals surface area contributed by atoms with Crippen LogP contribution < -0.4 is 0 Å². The normalized spacial score (nSPS) is 42.0. The molecule has 0 bridgehead atoms. The van der Waals surface area contributed by atoms with Gasteiger partial charge in [0.1, 0.15) is 0 Å². The van der Waals surface area contributed by atoms with Gasteiger partial charge in [0.25, 0.3) is 0 Å². The molecule has 1 heteroatoms. The molecule has 1 heterocycles. The molecule has 1 spiro atoms. The second-order valence-corrected chi connectivity index (χ2v) is 4.67. The predicted molar refractivity (Wildman–Crippen MR) is 45.5 cm³/mol. The average Bonchev–Trinajstić information content (AvgIpc) is 2.66. The Balaban J connectivity index is 1.98. The summed E-state index contributed by atoms with van der Waals surface area (Å²) >= 11 is 0. The topological polar surface area (TPSA) is 9.23 Å². The smallest absolute Gasteiger partial charge is 0.0549 e. The van der Waals surface area contributed by atoms with Crippen molar-refractivity contribution in [1.82, 2.24) is 0 Å². The van der Waals surface area contributed by atoms with E-state index < -0.39 is 0 Å². The van der Waals surface area contributed by atoms with Gasteiger partial charge in [-0.05, 0) is 43.9 Å². The molecule has 2 unspecified atom stereocenters. The Labute approximate surface area is 69.1 Å². The molecular formula is C10H18O. The summed E-state index contributed by atoms with van der Waals surface area (Å²) in [6, 6.07) is 0. The Morgan fingerprint density at radius 2 is 2.00 bits per heavy atom. The number of hydrogen-bond donors (Lipinski definition) is 0. The Kier molecular flexibility index (Phi) is 1.71. The molecule has 0 aromatic heterocycles. The van der Waals surface area contributed by atoms with Crippen molar-refractivity contribution in [2.75, 3.05) is 6.61 Å². The highest BCUT2D eigenvalue weighted by Crippen LogP contribution is 2.52. The van der Waals surface area contributed by atoms with Gasteiger partial charge in [-0.25, -0.2) is 0 Å². The van der Waals surface area contributed by atoms with Crippen molar-refractivity contribution in [2.45, 2.75) is 45.6 Å². The lowest BCUT2D eigenvalue weighted by Crippen LogP contribution is -2.11. The number of ether oxygens (including phenoxy) is 1. The largest absolute Gasteiger partial charge is 0.378 e.